The predicted molar refractivity (Wildman–Crippen MR) is 123 cm³/mol. The van der Waals surface area contributed by atoms with Gasteiger partial charge in [0.25, 0.3) is 10.0 Å². The van der Waals surface area contributed by atoms with Gasteiger partial charge in [-0.3, -0.25) is 9.88 Å². The summed E-state index contributed by atoms with van der Waals surface area (Å²) < 4.78 is 32.4. The molecule has 0 saturated carbocycles. The predicted octanol–water partition coefficient (Wildman–Crippen LogP) is 3.23. The normalized spacial score (nSPS) is 24.5. The van der Waals surface area contributed by atoms with Gasteiger partial charge in [0.2, 0.25) is 0 Å². The van der Waals surface area contributed by atoms with Gasteiger partial charge in [-0.2, -0.15) is 0 Å². The molecule has 2 aromatic heterocycles. The molecular formula is C23H25N5O4S. The maximum atomic E-state index is 12.8. The number of anilines is 1. The summed E-state index contributed by atoms with van der Waals surface area (Å²) in [6, 6.07) is 5.62. The minimum absolute atomic E-state index is 0.113. The van der Waals surface area contributed by atoms with Crippen molar-refractivity contribution < 1.29 is 17.9 Å². The van der Waals surface area contributed by atoms with Gasteiger partial charge in [-0.25, -0.2) is 22.7 Å². The third kappa shape index (κ3) is 3.79. The minimum atomic E-state index is -3.60. The summed E-state index contributed by atoms with van der Waals surface area (Å²) in [5, 5.41) is 11.6. The lowest BCUT2D eigenvalue weighted by Crippen LogP contribution is -2.56. The van der Waals surface area contributed by atoms with Crippen molar-refractivity contribution in [1.82, 2.24) is 19.9 Å². The molecule has 9 nitrogen and oxygen atoms in total. The Balaban J connectivity index is 1.38. The largest absolute Gasteiger partial charge is 0.507 e. The minimum Gasteiger partial charge on any atom is -0.507 e. The van der Waals surface area contributed by atoms with E-state index in [4.69, 9.17) is 4.42 Å². The van der Waals surface area contributed by atoms with Gasteiger partial charge >= 0.3 is 0 Å². The number of aromatic nitrogens is 3. The summed E-state index contributed by atoms with van der Waals surface area (Å²) in [5.74, 6) is 1.14. The molecule has 5 rings (SSSR count). The van der Waals surface area contributed by atoms with Gasteiger partial charge in [0.05, 0.1) is 11.7 Å². The van der Waals surface area contributed by atoms with Crippen LogP contribution in [0.3, 0.4) is 0 Å². The Bertz CT molecular complexity index is 1310. The second-order valence-corrected chi connectivity index (χ2v) is 10.3. The molecule has 2 aliphatic rings. The first-order chi connectivity index (χ1) is 15.8. The number of sulfonamides is 1. The van der Waals surface area contributed by atoms with Gasteiger partial charge < -0.3 is 9.52 Å². The Morgan fingerprint density at radius 3 is 2.82 bits per heavy atom. The number of aromatic hydroxyl groups is 1. The molecular weight excluding hydrogens is 442 g/mol. The van der Waals surface area contributed by atoms with Crippen LogP contribution in [0.4, 0.5) is 5.82 Å². The van der Waals surface area contributed by atoms with Crippen molar-refractivity contribution in [2.75, 3.05) is 10.8 Å². The molecule has 0 amide bonds. The first-order valence-corrected chi connectivity index (χ1v) is 12.3. The van der Waals surface area contributed by atoms with Crippen LogP contribution in [0, 0.1) is 6.92 Å². The molecule has 33 heavy (non-hydrogen) atoms. The van der Waals surface area contributed by atoms with Crippen LogP contribution in [0.1, 0.15) is 31.1 Å². The Morgan fingerprint density at radius 1 is 1.27 bits per heavy atom. The highest BCUT2D eigenvalue weighted by Crippen LogP contribution is 2.42. The first-order valence-electron chi connectivity index (χ1n) is 10.8. The highest BCUT2D eigenvalue weighted by atomic mass is 32.2. The number of aryl methyl sites for hydroxylation is 1. The van der Waals surface area contributed by atoms with Crippen LogP contribution in [0.5, 0.6) is 5.75 Å². The number of piperidine rings is 1. The Morgan fingerprint density at radius 2 is 2.12 bits per heavy atom. The van der Waals surface area contributed by atoms with E-state index in [2.05, 4.69) is 26.8 Å². The topological polar surface area (TPSA) is 113 Å². The molecule has 2 atom stereocenters. The molecule has 1 spiro atoms. The molecule has 0 unspecified atom stereocenters. The van der Waals surface area contributed by atoms with Crippen molar-refractivity contribution in [2.45, 2.75) is 44.8 Å². The standard InChI is InChI=1S/C23H25N5O4S/c1-16-12-23(6-10-33(30,31)28(23)21-13-24-7-8-25-21)5-9-27(16)14-18-3-4-20(29)19(11-18)22-17(2)32-15-26-22/h3-4,6-8,10-11,13,15-16,29H,5,9,12,14H2,1-2H3/t16-,23-/m0/s1. The molecule has 1 N–H and O–H groups in total. The number of rotatable bonds is 4. The monoisotopic (exact) mass is 467 g/mol. The Labute approximate surface area is 192 Å². The number of benzene rings is 1. The van der Waals surface area contributed by atoms with E-state index in [-0.39, 0.29) is 11.8 Å². The van der Waals surface area contributed by atoms with Crippen LogP contribution in [-0.4, -0.2) is 51.5 Å². The van der Waals surface area contributed by atoms with E-state index in [0.717, 1.165) is 5.56 Å². The number of hydrogen-bond acceptors (Lipinski definition) is 8. The van der Waals surface area contributed by atoms with Gasteiger partial charge in [0.15, 0.2) is 12.2 Å². The molecule has 3 aromatic rings. The second-order valence-electron chi connectivity index (χ2n) is 8.66. The third-order valence-electron chi connectivity index (χ3n) is 6.52. The lowest BCUT2D eigenvalue weighted by molar-refractivity contribution is 0.119. The maximum absolute atomic E-state index is 12.8. The van der Waals surface area contributed by atoms with Crippen molar-refractivity contribution in [1.29, 1.82) is 0 Å². The fraction of sp³-hybridized carbons (Fsp3) is 0.348. The van der Waals surface area contributed by atoms with Gasteiger partial charge in [0.1, 0.15) is 17.2 Å². The molecule has 0 radical (unpaired) electrons. The molecule has 1 fully saturated rings. The molecule has 2 aliphatic heterocycles. The molecule has 1 aromatic carbocycles. The molecule has 0 bridgehead atoms. The zero-order valence-corrected chi connectivity index (χ0v) is 19.2. The van der Waals surface area contributed by atoms with Crippen LogP contribution in [-0.2, 0) is 16.6 Å². The average molecular weight is 468 g/mol. The lowest BCUT2D eigenvalue weighted by Gasteiger charge is -2.46. The molecule has 10 heteroatoms. The second kappa shape index (κ2) is 7.96. The van der Waals surface area contributed by atoms with Crippen molar-refractivity contribution >= 4 is 15.8 Å². The van der Waals surface area contributed by atoms with Crippen LogP contribution in [0.2, 0.25) is 0 Å². The van der Waals surface area contributed by atoms with E-state index in [9.17, 15) is 13.5 Å². The fourth-order valence-electron chi connectivity index (χ4n) is 4.89. The van der Waals surface area contributed by atoms with E-state index < -0.39 is 15.6 Å². The van der Waals surface area contributed by atoms with E-state index in [1.165, 1.54) is 34.7 Å². The van der Waals surface area contributed by atoms with Crippen LogP contribution in [0.25, 0.3) is 11.3 Å². The molecule has 1 saturated heterocycles. The smallest absolute Gasteiger partial charge is 0.259 e. The number of phenols is 1. The quantitative estimate of drug-likeness (QED) is 0.622. The summed E-state index contributed by atoms with van der Waals surface area (Å²) in [6.07, 6.45) is 8.97. The van der Waals surface area contributed by atoms with Crippen molar-refractivity contribution in [2.24, 2.45) is 0 Å². The summed E-state index contributed by atoms with van der Waals surface area (Å²) in [5.41, 5.74) is 1.65. The number of phenolic OH excluding ortho intramolecular Hbond substituents is 1. The van der Waals surface area contributed by atoms with Crippen molar-refractivity contribution in [3.05, 3.63) is 66.0 Å². The Hall–Kier alpha value is -3.24. The van der Waals surface area contributed by atoms with E-state index in [1.54, 1.807) is 12.1 Å². The van der Waals surface area contributed by atoms with E-state index in [0.29, 0.717) is 48.8 Å². The molecule has 172 valence electrons. The fourth-order valence-corrected chi connectivity index (χ4v) is 6.53. The zero-order valence-electron chi connectivity index (χ0n) is 18.4. The van der Waals surface area contributed by atoms with Crippen LogP contribution >= 0.6 is 0 Å². The van der Waals surface area contributed by atoms with Gasteiger partial charge in [0, 0.05) is 42.5 Å². The van der Waals surface area contributed by atoms with Gasteiger partial charge in [-0.05, 0) is 50.5 Å². The third-order valence-corrected chi connectivity index (χ3v) is 8.06. The molecule has 0 aliphatic carbocycles. The number of hydrogen-bond donors (Lipinski definition) is 1. The first kappa shape index (κ1) is 21.6. The van der Waals surface area contributed by atoms with Gasteiger partial charge in [-0.15, -0.1) is 0 Å². The number of likely N-dealkylation sites (tertiary alicyclic amines) is 1. The number of nitrogens with zero attached hydrogens (tertiary/aromatic N) is 5. The number of oxazole rings is 1. The van der Waals surface area contributed by atoms with Gasteiger partial charge in [-0.1, -0.05) is 6.07 Å². The molecule has 4 heterocycles. The van der Waals surface area contributed by atoms with Crippen molar-refractivity contribution in [3.63, 3.8) is 0 Å². The van der Waals surface area contributed by atoms with Crippen LogP contribution in [0.15, 0.2) is 59.1 Å². The lowest BCUT2D eigenvalue weighted by atomic mass is 9.83. The average Bonchev–Trinajstić information content (AvgIpc) is 3.32. The highest BCUT2D eigenvalue weighted by Gasteiger charge is 2.49. The summed E-state index contributed by atoms with van der Waals surface area (Å²) in [4.78, 5) is 14.9. The summed E-state index contributed by atoms with van der Waals surface area (Å²) in [6.45, 7) is 5.30. The Kier molecular flexibility index (Phi) is 5.21. The SMILES string of the molecule is Cc1ocnc1-c1cc(CN2CC[C@]3(C=CS(=O)(=O)N3c3cnccn3)C[C@@H]2C)ccc1O. The summed E-state index contributed by atoms with van der Waals surface area (Å²) >= 11 is 0. The van der Waals surface area contributed by atoms with E-state index >= 15 is 0 Å². The summed E-state index contributed by atoms with van der Waals surface area (Å²) in [7, 11) is -3.60. The van der Waals surface area contributed by atoms with Crippen LogP contribution < -0.4 is 4.31 Å². The van der Waals surface area contributed by atoms with E-state index in [1.807, 2.05) is 19.1 Å². The van der Waals surface area contributed by atoms with Crippen molar-refractivity contribution in [3.8, 4) is 17.0 Å². The maximum Gasteiger partial charge on any atom is 0.259 e. The zero-order chi connectivity index (χ0) is 23.2. The highest BCUT2D eigenvalue weighted by molar-refractivity contribution is 7.96.